The molecule has 0 radical (unpaired) electrons. The lowest BCUT2D eigenvalue weighted by atomic mass is 10.0. The lowest BCUT2D eigenvalue weighted by molar-refractivity contribution is -0.122. The first-order chi connectivity index (χ1) is 13.6. The largest absolute Gasteiger partial charge is 0.493 e. The van der Waals surface area contributed by atoms with Crippen molar-refractivity contribution in [3.63, 3.8) is 0 Å². The van der Waals surface area contributed by atoms with Crippen molar-refractivity contribution in [2.75, 3.05) is 19.7 Å². The third-order valence-electron chi connectivity index (χ3n) is 5.07. The minimum atomic E-state index is 0.0567. The molecular weight excluding hydrogens is 352 g/mol. The molecule has 1 aliphatic rings. The summed E-state index contributed by atoms with van der Waals surface area (Å²) in [6.07, 6.45) is 2.73. The number of aryl methyl sites for hydroxylation is 1. The number of carbonyl (C=O) groups is 2. The van der Waals surface area contributed by atoms with Crippen molar-refractivity contribution in [2.24, 2.45) is 0 Å². The number of piperidine rings is 1. The molecule has 0 aliphatic carbocycles. The van der Waals surface area contributed by atoms with Crippen LogP contribution in [0.5, 0.6) is 5.75 Å². The van der Waals surface area contributed by atoms with Crippen LogP contribution in [-0.2, 0) is 4.79 Å². The molecule has 0 unspecified atom stereocenters. The smallest absolute Gasteiger partial charge is 0.253 e. The molecule has 0 saturated carbocycles. The maximum absolute atomic E-state index is 12.5. The van der Waals surface area contributed by atoms with Gasteiger partial charge in [0.05, 0.1) is 6.61 Å². The highest BCUT2D eigenvalue weighted by atomic mass is 16.5. The highest BCUT2D eigenvalue weighted by molar-refractivity contribution is 5.94. The fourth-order valence-electron chi connectivity index (χ4n) is 3.42. The zero-order chi connectivity index (χ0) is 19.8. The standard InChI is InChI=1S/C23H28N2O3/c1-18-8-5-6-11-21(18)28-17-7-12-22(26)24-20-13-15-25(16-14-20)23(27)19-9-3-2-4-10-19/h2-6,8-11,20H,7,12-17H2,1H3,(H,24,26). The third-order valence-corrected chi connectivity index (χ3v) is 5.07. The van der Waals surface area contributed by atoms with Crippen LogP contribution in [0.2, 0.25) is 0 Å². The second-order valence-corrected chi connectivity index (χ2v) is 7.22. The van der Waals surface area contributed by atoms with E-state index < -0.39 is 0 Å². The van der Waals surface area contributed by atoms with E-state index in [-0.39, 0.29) is 17.9 Å². The third kappa shape index (κ3) is 5.59. The average Bonchev–Trinajstić information content (AvgIpc) is 2.73. The zero-order valence-corrected chi connectivity index (χ0v) is 16.4. The van der Waals surface area contributed by atoms with Crippen molar-refractivity contribution in [3.8, 4) is 5.75 Å². The van der Waals surface area contributed by atoms with Crippen molar-refractivity contribution in [3.05, 3.63) is 65.7 Å². The van der Waals surface area contributed by atoms with Crippen LogP contribution in [0.1, 0.15) is 41.6 Å². The number of carbonyl (C=O) groups excluding carboxylic acids is 2. The molecule has 1 heterocycles. The number of rotatable bonds is 7. The number of nitrogens with one attached hydrogen (secondary N) is 1. The molecule has 1 saturated heterocycles. The lowest BCUT2D eigenvalue weighted by Crippen LogP contribution is -2.46. The Morgan fingerprint density at radius 1 is 1.04 bits per heavy atom. The summed E-state index contributed by atoms with van der Waals surface area (Å²) in [4.78, 5) is 26.5. The monoisotopic (exact) mass is 380 g/mol. The van der Waals surface area contributed by atoms with Gasteiger partial charge in [-0.05, 0) is 49.9 Å². The maximum Gasteiger partial charge on any atom is 0.253 e. The number of amides is 2. The summed E-state index contributed by atoms with van der Waals surface area (Å²) < 4.78 is 5.74. The minimum Gasteiger partial charge on any atom is -0.493 e. The molecule has 28 heavy (non-hydrogen) atoms. The van der Waals surface area contributed by atoms with Gasteiger partial charge in [-0.3, -0.25) is 9.59 Å². The molecule has 5 heteroatoms. The molecular formula is C23H28N2O3. The van der Waals surface area contributed by atoms with Crippen LogP contribution in [0, 0.1) is 6.92 Å². The molecule has 2 aromatic carbocycles. The lowest BCUT2D eigenvalue weighted by Gasteiger charge is -2.32. The van der Waals surface area contributed by atoms with Gasteiger partial charge in [-0.2, -0.15) is 0 Å². The highest BCUT2D eigenvalue weighted by Crippen LogP contribution is 2.17. The van der Waals surface area contributed by atoms with Crippen LogP contribution < -0.4 is 10.1 Å². The summed E-state index contributed by atoms with van der Waals surface area (Å²) in [5.41, 5.74) is 1.82. The van der Waals surface area contributed by atoms with E-state index in [1.165, 1.54) is 0 Å². The maximum atomic E-state index is 12.5. The van der Waals surface area contributed by atoms with Gasteiger partial charge in [0.1, 0.15) is 5.75 Å². The first-order valence-electron chi connectivity index (χ1n) is 9.95. The number of hydrogen-bond donors (Lipinski definition) is 1. The molecule has 3 rings (SSSR count). The summed E-state index contributed by atoms with van der Waals surface area (Å²) >= 11 is 0. The van der Waals surface area contributed by atoms with E-state index in [2.05, 4.69) is 5.32 Å². The van der Waals surface area contributed by atoms with Crippen molar-refractivity contribution >= 4 is 11.8 Å². The van der Waals surface area contributed by atoms with Crippen LogP contribution in [0.4, 0.5) is 0 Å². The fraction of sp³-hybridized carbons (Fsp3) is 0.391. The van der Waals surface area contributed by atoms with Crippen LogP contribution in [0.15, 0.2) is 54.6 Å². The molecule has 0 atom stereocenters. The van der Waals surface area contributed by atoms with E-state index in [9.17, 15) is 9.59 Å². The topological polar surface area (TPSA) is 58.6 Å². The van der Waals surface area contributed by atoms with Gasteiger partial charge >= 0.3 is 0 Å². The molecule has 2 amide bonds. The van der Waals surface area contributed by atoms with E-state index in [1.807, 2.05) is 66.4 Å². The van der Waals surface area contributed by atoms with Crippen LogP contribution >= 0.6 is 0 Å². The van der Waals surface area contributed by atoms with Gasteiger partial charge < -0.3 is 15.0 Å². The van der Waals surface area contributed by atoms with Crippen molar-refractivity contribution in [1.29, 1.82) is 0 Å². The van der Waals surface area contributed by atoms with Gasteiger partial charge in [-0.25, -0.2) is 0 Å². The predicted octanol–water partition coefficient (Wildman–Crippen LogP) is 3.58. The van der Waals surface area contributed by atoms with Gasteiger partial charge in [-0.1, -0.05) is 36.4 Å². The Labute approximate surface area is 166 Å². The Bertz CT molecular complexity index is 783. The van der Waals surface area contributed by atoms with E-state index in [4.69, 9.17) is 4.74 Å². The van der Waals surface area contributed by atoms with E-state index in [0.717, 1.165) is 29.7 Å². The number of para-hydroxylation sites is 1. The van der Waals surface area contributed by atoms with E-state index >= 15 is 0 Å². The van der Waals surface area contributed by atoms with Crippen LogP contribution in [-0.4, -0.2) is 42.5 Å². The second-order valence-electron chi connectivity index (χ2n) is 7.22. The molecule has 2 aromatic rings. The zero-order valence-electron chi connectivity index (χ0n) is 16.4. The Kier molecular flexibility index (Phi) is 7.06. The number of hydrogen-bond acceptors (Lipinski definition) is 3. The number of ether oxygens (including phenoxy) is 1. The SMILES string of the molecule is Cc1ccccc1OCCCC(=O)NC1CCN(C(=O)c2ccccc2)CC1. The molecule has 0 aromatic heterocycles. The summed E-state index contributed by atoms with van der Waals surface area (Å²) in [5.74, 6) is 0.998. The van der Waals surface area contributed by atoms with Crippen molar-refractivity contribution in [2.45, 2.75) is 38.6 Å². The summed E-state index contributed by atoms with van der Waals surface area (Å²) in [5, 5.41) is 3.10. The predicted molar refractivity (Wildman–Crippen MR) is 109 cm³/mol. The number of nitrogens with zero attached hydrogens (tertiary/aromatic N) is 1. The first-order valence-corrected chi connectivity index (χ1v) is 9.95. The van der Waals surface area contributed by atoms with Crippen LogP contribution in [0.25, 0.3) is 0 Å². The summed E-state index contributed by atoms with van der Waals surface area (Å²) in [6, 6.07) is 17.4. The van der Waals surface area contributed by atoms with Crippen molar-refractivity contribution < 1.29 is 14.3 Å². The highest BCUT2D eigenvalue weighted by Gasteiger charge is 2.24. The Morgan fingerprint density at radius 2 is 1.71 bits per heavy atom. The van der Waals surface area contributed by atoms with E-state index in [1.54, 1.807) is 0 Å². The second kappa shape index (κ2) is 9.93. The fourth-order valence-corrected chi connectivity index (χ4v) is 3.42. The van der Waals surface area contributed by atoms with Gasteiger partial charge in [0, 0.05) is 31.1 Å². The Balaban J connectivity index is 1.34. The first kappa shape index (κ1) is 19.9. The molecule has 1 fully saturated rings. The Hall–Kier alpha value is -2.82. The van der Waals surface area contributed by atoms with Crippen molar-refractivity contribution in [1.82, 2.24) is 10.2 Å². The Morgan fingerprint density at radius 3 is 2.43 bits per heavy atom. The number of benzene rings is 2. The average molecular weight is 380 g/mol. The number of likely N-dealkylation sites (tertiary alicyclic amines) is 1. The minimum absolute atomic E-state index is 0.0567. The molecule has 1 N–H and O–H groups in total. The molecule has 148 valence electrons. The van der Waals surface area contributed by atoms with Crippen LogP contribution in [0.3, 0.4) is 0 Å². The van der Waals surface area contributed by atoms with E-state index in [0.29, 0.717) is 32.5 Å². The summed E-state index contributed by atoms with van der Waals surface area (Å²) in [7, 11) is 0. The molecule has 0 spiro atoms. The molecule has 0 bridgehead atoms. The summed E-state index contributed by atoms with van der Waals surface area (Å²) in [6.45, 7) is 3.89. The van der Waals surface area contributed by atoms with Gasteiger partial charge in [-0.15, -0.1) is 0 Å². The quantitative estimate of drug-likeness (QED) is 0.747. The van der Waals surface area contributed by atoms with Gasteiger partial charge in [0.15, 0.2) is 0 Å². The normalized spacial score (nSPS) is 14.5. The molecule has 1 aliphatic heterocycles. The molecule has 5 nitrogen and oxygen atoms in total. The van der Waals surface area contributed by atoms with Gasteiger partial charge in [0.25, 0.3) is 5.91 Å². The van der Waals surface area contributed by atoms with Gasteiger partial charge in [0.2, 0.25) is 5.91 Å².